The van der Waals surface area contributed by atoms with Gasteiger partial charge in [-0.1, -0.05) is 0 Å². The Morgan fingerprint density at radius 1 is 1.26 bits per heavy atom. The van der Waals surface area contributed by atoms with Gasteiger partial charge in [-0.2, -0.15) is 0 Å². The highest BCUT2D eigenvalue weighted by molar-refractivity contribution is 5.99. The van der Waals surface area contributed by atoms with Gasteiger partial charge in [0.15, 0.2) is 0 Å². The zero-order valence-electron chi connectivity index (χ0n) is 13.8. The van der Waals surface area contributed by atoms with Crippen LogP contribution in [0.5, 0.6) is 0 Å². The molecular formula is C17H21N3O3. The average Bonchev–Trinajstić information content (AvgIpc) is 2.66. The fraction of sp³-hybridized carbons (Fsp3) is 0.471. The number of nitrogens with one attached hydrogen (secondary N) is 1. The number of nitro groups is 1. The summed E-state index contributed by atoms with van der Waals surface area (Å²) in [6, 6.07) is 5.22. The third-order valence-corrected chi connectivity index (χ3v) is 4.40. The summed E-state index contributed by atoms with van der Waals surface area (Å²) < 4.78 is 6.11. The van der Waals surface area contributed by atoms with E-state index < -0.39 is 0 Å². The molecule has 122 valence electrons. The van der Waals surface area contributed by atoms with Crippen molar-refractivity contribution in [1.82, 2.24) is 4.98 Å². The zero-order valence-corrected chi connectivity index (χ0v) is 13.8. The molecule has 1 fully saturated rings. The molecule has 2 aromatic rings. The molecule has 0 spiro atoms. The second-order valence-corrected chi connectivity index (χ2v) is 7.18. The zero-order chi connectivity index (χ0) is 16.8. The molecule has 0 bridgehead atoms. The van der Waals surface area contributed by atoms with Crippen molar-refractivity contribution in [2.75, 3.05) is 5.32 Å². The van der Waals surface area contributed by atoms with Gasteiger partial charge < -0.3 is 10.1 Å². The summed E-state index contributed by atoms with van der Waals surface area (Å²) in [5.74, 6) is 0. The van der Waals surface area contributed by atoms with Crippen LogP contribution in [0.2, 0.25) is 0 Å². The van der Waals surface area contributed by atoms with Crippen molar-refractivity contribution in [1.29, 1.82) is 0 Å². The number of anilines is 1. The number of non-ortho nitro benzene ring substituents is 1. The van der Waals surface area contributed by atoms with Crippen molar-refractivity contribution in [2.24, 2.45) is 0 Å². The Morgan fingerprint density at radius 3 is 2.61 bits per heavy atom. The van der Waals surface area contributed by atoms with E-state index >= 15 is 0 Å². The van der Waals surface area contributed by atoms with E-state index in [1.165, 1.54) is 6.07 Å². The quantitative estimate of drug-likeness (QED) is 0.686. The summed E-state index contributed by atoms with van der Waals surface area (Å²) in [5.41, 5.74) is 0.428. The number of nitro benzene ring substituents is 1. The third kappa shape index (κ3) is 2.86. The first-order valence-electron chi connectivity index (χ1n) is 7.67. The van der Waals surface area contributed by atoms with Crippen LogP contribution in [-0.2, 0) is 4.74 Å². The van der Waals surface area contributed by atoms with Crippen molar-refractivity contribution in [2.45, 2.75) is 51.4 Å². The smallest absolute Gasteiger partial charge is 0.278 e. The van der Waals surface area contributed by atoms with Gasteiger partial charge in [-0.25, -0.2) is 0 Å². The second kappa shape index (κ2) is 5.16. The molecule has 1 N–H and O–H groups in total. The molecule has 0 aliphatic carbocycles. The monoisotopic (exact) mass is 315 g/mol. The Morgan fingerprint density at radius 2 is 2.00 bits per heavy atom. The average molecular weight is 315 g/mol. The molecule has 23 heavy (non-hydrogen) atoms. The Kier molecular flexibility index (Phi) is 3.52. The normalized spacial score (nSPS) is 22.2. The van der Waals surface area contributed by atoms with E-state index in [0.29, 0.717) is 5.39 Å². The maximum atomic E-state index is 11.2. The Balaban J connectivity index is 2.02. The topological polar surface area (TPSA) is 77.3 Å². The number of fused-ring (bicyclic) bond motifs is 1. The molecule has 1 aliphatic rings. The lowest BCUT2D eigenvalue weighted by Gasteiger charge is -2.28. The van der Waals surface area contributed by atoms with E-state index in [4.69, 9.17) is 4.74 Å². The van der Waals surface area contributed by atoms with Gasteiger partial charge in [0.2, 0.25) is 0 Å². The number of benzene rings is 1. The Labute approximate surface area is 135 Å². The molecule has 0 saturated carbocycles. The van der Waals surface area contributed by atoms with E-state index in [1.54, 1.807) is 24.5 Å². The van der Waals surface area contributed by atoms with Crippen LogP contribution in [0.1, 0.15) is 34.1 Å². The van der Waals surface area contributed by atoms with E-state index in [1.807, 2.05) is 0 Å². The first kappa shape index (κ1) is 15.7. The van der Waals surface area contributed by atoms with Crippen molar-refractivity contribution in [3.63, 3.8) is 0 Å². The largest absolute Gasteiger partial charge is 0.379 e. The lowest BCUT2D eigenvalue weighted by atomic mass is 9.94. The second-order valence-electron chi connectivity index (χ2n) is 7.18. The molecule has 0 amide bonds. The van der Waals surface area contributed by atoms with E-state index in [-0.39, 0.29) is 27.9 Å². The van der Waals surface area contributed by atoms with E-state index in [2.05, 4.69) is 38.0 Å². The predicted molar refractivity (Wildman–Crippen MR) is 89.7 cm³/mol. The standard InChI is InChI=1S/C17H21N3O3/c1-16(2)9-15(17(3,4)23-16)19-13-5-6-14(20(21)22)12-10-18-8-7-11(12)13/h5-8,10,15,19H,9H2,1-4H3. The van der Waals surface area contributed by atoms with Gasteiger partial charge in [-0.15, -0.1) is 0 Å². The van der Waals surface area contributed by atoms with Gasteiger partial charge in [0.05, 0.1) is 27.6 Å². The van der Waals surface area contributed by atoms with Gasteiger partial charge in [0, 0.05) is 29.5 Å². The van der Waals surface area contributed by atoms with Crippen molar-refractivity contribution < 1.29 is 9.66 Å². The number of rotatable bonds is 3. The van der Waals surface area contributed by atoms with Crippen LogP contribution in [0.3, 0.4) is 0 Å². The minimum Gasteiger partial charge on any atom is -0.379 e. The summed E-state index contributed by atoms with van der Waals surface area (Å²) in [6.45, 7) is 8.28. The van der Waals surface area contributed by atoms with Gasteiger partial charge in [0.25, 0.3) is 5.69 Å². The first-order chi connectivity index (χ1) is 10.7. The molecule has 1 saturated heterocycles. The number of aromatic nitrogens is 1. The van der Waals surface area contributed by atoms with Gasteiger partial charge >= 0.3 is 0 Å². The molecule has 1 atom stereocenters. The van der Waals surface area contributed by atoms with Crippen LogP contribution in [0, 0.1) is 10.1 Å². The van der Waals surface area contributed by atoms with Gasteiger partial charge in [-0.05, 0) is 46.2 Å². The fourth-order valence-electron chi connectivity index (χ4n) is 3.44. The minimum atomic E-state index is -0.375. The number of hydrogen-bond acceptors (Lipinski definition) is 5. The highest BCUT2D eigenvalue weighted by Crippen LogP contribution is 2.40. The molecule has 1 aliphatic heterocycles. The third-order valence-electron chi connectivity index (χ3n) is 4.40. The summed E-state index contributed by atoms with van der Waals surface area (Å²) >= 11 is 0. The van der Waals surface area contributed by atoms with Crippen LogP contribution in [0.15, 0.2) is 30.6 Å². The van der Waals surface area contributed by atoms with Gasteiger partial charge in [-0.3, -0.25) is 15.1 Å². The summed E-state index contributed by atoms with van der Waals surface area (Å²) in [5, 5.41) is 16.1. The SMILES string of the molecule is CC1(C)CC(Nc2ccc([N+](=O)[O-])c3cnccc23)C(C)(C)O1. The van der Waals surface area contributed by atoms with Crippen molar-refractivity contribution in [3.8, 4) is 0 Å². The number of nitrogens with zero attached hydrogens (tertiary/aromatic N) is 2. The predicted octanol–water partition coefficient (Wildman–Crippen LogP) is 3.90. The molecule has 3 rings (SSSR count). The lowest BCUT2D eigenvalue weighted by molar-refractivity contribution is -0.383. The fourth-order valence-corrected chi connectivity index (χ4v) is 3.44. The molecule has 0 radical (unpaired) electrons. The van der Waals surface area contributed by atoms with Crippen LogP contribution in [-0.4, -0.2) is 27.2 Å². The van der Waals surface area contributed by atoms with Crippen molar-refractivity contribution >= 4 is 22.1 Å². The molecule has 1 aromatic heterocycles. The summed E-state index contributed by atoms with van der Waals surface area (Å²) in [6.07, 6.45) is 4.06. The number of hydrogen-bond donors (Lipinski definition) is 1. The highest BCUT2D eigenvalue weighted by atomic mass is 16.6. The minimum absolute atomic E-state index is 0.0703. The Hall–Kier alpha value is -2.21. The van der Waals surface area contributed by atoms with Crippen molar-refractivity contribution in [3.05, 3.63) is 40.7 Å². The summed E-state index contributed by atoms with van der Waals surface area (Å²) in [4.78, 5) is 14.8. The first-order valence-corrected chi connectivity index (χ1v) is 7.67. The van der Waals surface area contributed by atoms with Crippen LogP contribution in [0.4, 0.5) is 11.4 Å². The molecule has 1 unspecified atom stereocenters. The molecular weight excluding hydrogens is 294 g/mol. The van der Waals surface area contributed by atoms with Crippen LogP contribution < -0.4 is 5.32 Å². The molecule has 1 aromatic carbocycles. The van der Waals surface area contributed by atoms with Gasteiger partial charge in [0.1, 0.15) is 0 Å². The number of pyridine rings is 1. The highest BCUT2D eigenvalue weighted by Gasteiger charge is 2.45. The molecule has 2 heterocycles. The maximum Gasteiger partial charge on any atom is 0.278 e. The lowest BCUT2D eigenvalue weighted by Crippen LogP contribution is -2.38. The Bertz CT molecular complexity index is 771. The van der Waals surface area contributed by atoms with Crippen LogP contribution >= 0.6 is 0 Å². The molecule has 6 heteroatoms. The van der Waals surface area contributed by atoms with E-state index in [9.17, 15) is 10.1 Å². The number of ether oxygens (including phenoxy) is 1. The maximum absolute atomic E-state index is 11.2. The van der Waals surface area contributed by atoms with Crippen LogP contribution in [0.25, 0.3) is 10.8 Å². The molecule has 6 nitrogen and oxygen atoms in total. The summed E-state index contributed by atoms with van der Waals surface area (Å²) in [7, 11) is 0. The van der Waals surface area contributed by atoms with E-state index in [0.717, 1.165) is 17.5 Å².